The highest BCUT2D eigenvalue weighted by molar-refractivity contribution is 5.82. The molecule has 12 N–H and O–H groups in total. The number of fused-ring (bicyclic) bond motifs is 7. The van der Waals surface area contributed by atoms with Gasteiger partial charge in [-0.1, -0.05) is 160 Å². The van der Waals surface area contributed by atoms with Crippen LogP contribution in [0.3, 0.4) is 0 Å². The fraction of sp³-hybridized carbons (Fsp3) is 0.855. The van der Waals surface area contributed by atoms with Crippen molar-refractivity contribution in [1.82, 2.24) is 5.32 Å². The Kier molecular flexibility index (Phi) is 25.6. The van der Waals surface area contributed by atoms with E-state index in [1.54, 1.807) is 0 Å². The number of hydrogen-bond donors (Lipinski definition) is 12. The minimum absolute atomic E-state index is 0.0272. The number of ether oxygens (including phenoxy) is 8. The molecule has 4 aliphatic heterocycles. The summed E-state index contributed by atoms with van der Waals surface area (Å²) in [4.78, 5) is 43.1. The predicted octanol–water partition coefficient (Wildman–Crippen LogP) is 5.95. The molecule has 29 atom stereocenters. The first-order chi connectivity index (χ1) is 46.9. The van der Waals surface area contributed by atoms with E-state index >= 15 is 4.79 Å². The molecule has 0 bridgehead atoms. The summed E-state index contributed by atoms with van der Waals surface area (Å²) in [5.74, 6) is -2.22. The van der Waals surface area contributed by atoms with Crippen LogP contribution in [0.2, 0.25) is 0 Å². The molecule has 4 heterocycles. The maximum absolute atomic E-state index is 15.6. The monoisotopic (exact) mass is 1400 g/mol. The lowest BCUT2D eigenvalue weighted by Crippen LogP contribution is -2.69. The summed E-state index contributed by atoms with van der Waals surface area (Å²) in [5, 5.41) is 126. The fourth-order valence-corrected chi connectivity index (χ4v) is 19.8. The van der Waals surface area contributed by atoms with Gasteiger partial charge in [0.25, 0.3) is 5.91 Å². The van der Waals surface area contributed by atoms with Crippen molar-refractivity contribution in [3.05, 3.63) is 47.0 Å². The number of carbonyl (C=O) groups is 3. The van der Waals surface area contributed by atoms with Gasteiger partial charge in [-0.15, -0.1) is 0 Å². The predicted molar refractivity (Wildman–Crippen MR) is 361 cm³/mol. The van der Waals surface area contributed by atoms with Gasteiger partial charge in [-0.2, -0.15) is 0 Å². The Bertz CT molecular complexity index is 2870. The van der Waals surface area contributed by atoms with Crippen molar-refractivity contribution >= 4 is 18.2 Å². The molecule has 5 aliphatic carbocycles. The van der Waals surface area contributed by atoms with E-state index in [0.717, 1.165) is 37.5 Å². The molecule has 0 radical (unpaired) electrons. The Labute approximate surface area is 585 Å². The van der Waals surface area contributed by atoms with Crippen molar-refractivity contribution in [2.45, 2.75) is 345 Å². The average molecular weight is 1400 g/mol. The normalized spacial score (nSPS) is 45.0. The van der Waals surface area contributed by atoms with E-state index in [4.69, 9.17) is 37.9 Å². The van der Waals surface area contributed by atoms with Crippen LogP contribution in [0.25, 0.3) is 0 Å². The molecule has 23 nitrogen and oxygen atoms in total. The number of hydrogen-bond acceptors (Lipinski definition) is 22. The Morgan fingerprint density at radius 1 is 0.576 bits per heavy atom. The molecule has 1 amide bonds. The van der Waals surface area contributed by atoms with E-state index in [1.807, 2.05) is 6.92 Å². The highest BCUT2D eigenvalue weighted by Crippen LogP contribution is 2.76. The number of aldehydes is 1. The van der Waals surface area contributed by atoms with Crippen LogP contribution in [0, 0.1) is 57.2 Å². The molecule has 11 unspecified atom stereocenters. The number of benzene rings is 1. The summed E-state index contributed by atoms with van der Waals surface area (Å²) in [6, 6.07) is 8.88. The van der Waals surface area contributed by atoms with Crippen molar-refractivity contribution in [3.8, 4) is 0 Å². The van der Waals surface area contributed by atoms with Gasteiger partial charge in [0.2, 0.25) is 6.29 Å². The van der Waals surface area contributed by atoms with Gasteiger partial charge in [0.1, 0.15) is 78.8 Å². The Balaban J connectivity index is 0.739. The fourth-order valence-electron chi connectivity index (χ4n) is 19.8. The van der Waals surface area contributed by atoms with Crippen LogP contribution in [0.4, 0.5) is 0 Å². The number of unbranched alkanes of at least 4 members (excludes halogenated alkanes) is 13. The zero-order valence-electron chi connectivity index (χ0n) is 60.1. The molecule has 1 aromatic carbocycles. The summed E-state index contributed by atoms with van der Waals surface area (Å²) in [5.41, 5.74) is -0.782. The largest absolute Gasteiger partial charge is 0.432 e. The molecular formula is C76H121NO22. The summed E-state index contributed by atoms with van der Waals surface area (Å²) >= 11 is 0. The maximum Gasteiger partial charge on any atom is 0.317 e. The molecule has 562 valence electrons. The van der Waals surface area contributed by atoms with Gasteiger partial charge >= 0.3 is 5.97 Å². The molecule has 8 fully saturated rings. The van der Waals surface area contributed by atoms with Gasteiger partial charge in [-0.25, -0.2) is 0 Å². The van der Waals surface area contributed by atoms with E-state index in [-0.39, 0.29) is 36.7 Å². The zero-order valence-corrected chi connectivity index (χ0v) is 60.1. The van der Waals surface area contributed by atoms with E-state index in [9.17, 15) is 65.8 Å². The second kappa shape index (κ2) is 32.3. The topological polar surface area (TPSA) is 360 Å². The van der Waals surface area contributed by atoms with Crippen molar-refractivity contribution in [3.63, 3.8) is 0 Å². The minimum Gasteiger partial charge on any atom is -0.432 e. The van der Waals surface area contributed by atoms with Crippen LogP contribution in [0.1, 0.15) is 214 Å². The first kappa shape index (κ1) is 78.4. The summed E-state index contributed by atoms with van der Waals surface area (Å²) in [7, 11) is 0. The second-order valence-corrected chi connectivity index (χ2v) is 33.2. The van der Waals surface area contributed by atoms with Crippen molar-refractivity contribution < 1.29 is 108 Å². The van der Waals surface area contributed by atoms with Crippen LogP contribution in [-0.2, 0) is 58.7 Å². The third kappa shape index (κ3) is 15.8. The quantitative estimate of drug-likeness (QED) is 0.0159. The zero-order chi connectivity index (χ0) is 71.7. The van der Waals surface area contributed by atoms with E-state index < -0.39 is 174 Å². The minimum atomic E-state index is -1.90. The number of aliphatic hydroxyl groups excluding tert-OH is 11. The molecule has 0 spiro atoms. The lowest BCUT2D eigenvalue weighted by Gasteiger charge is -2.71. The molecule has 4 saturated heterocycles. The van der Waals surface area contributed by atoms with Crippen LogP contribution in [0.15, 0.2) is 35.9 Å². The van der Waals surface area contributed by atoms with Crippen LogP contribution >= 0.6 is 0 Å². The first-order valence-electron chi connectivity index (χ1n) is 37.6. The van der Waals surface area contributed by atoms with Crippen molar-refractivity contribution in [1.29, 1.82) is 0 Å². The number of amides is 1. The summed E-state index contributed by atoms with van der Waals surface area (Å²) < 4.78 is 48.5. The Morgan fingerprint density at radius 2 is 1.15 bits per heavy atom. The van der Waals surface area contributed by atoms with Gasteiger partial charge in [-0.3, -0.25) is 9.59 Å². The number of carbonyl (C=O) groups excluding carboxylic acids is 3. The van der Waals surface area contributed by atoms with E-state index in [2.05, 4.69) is 77.2 Å². The van der Waals surface area contributed by atoms with Gasteiger partial charge in [0.15, 0.2) is 31.1 Å². The molecule has 23 heteroatoms. The smallest absolute Gasteiger partial charge is 0.317 e. The molecular weight excluding hydrogens is 1280 g/mol. The lowest BCUT2D eigenvalue weighted by atomic mass is 9.33. The van der Waals surface area contributed by atoms with Gasteiger partial charge in [0.05, 0.1) is 36.4 Å². The molecule has 99 heavy (non-hydrogen) atoms. The van der Waals surface area contributed by atoms with Crippen LogP contribution in [-0.4, -0.2) is 216 Å². The lowest BCUT2D eigenvalue weighted by molar-refractivity contribution is -0.373. The third-order valence-electron chi connectivity index (χ3n) is 26.2. The Hall–Kier alpha value is -3.15. The maximum atomic E-state index is 15.6. The van der Waals surface area contributed by atoms with Gasteiger partial charge in [0, 0.05) is 6.54 Å². The number of rotatable bonds is 27. The molecule has 0 aromatic heterocycles. The summed E-state index contributed by atoms with van der Waals surface area (Å²) in [6.07, 6.45) is -7.16. The second-order valence-electron chi connectivity index (χ2n) is 33.2. The Morgan fingerprint density at radius 3 is 1.80 bits per heavy atom. The number of aliphatic hydroxyl groups is 11. The highest BCUT2D eigenvalue weighted by Gasteiger charge is 2.73. The van der Waals surface area contributed by atoms with E-state index in [1.165, 1.54) is 95.6 Å². The van der Waals surface area contributed by atoms with Crippen LogP contribution < -0.4 is 5.32 Å². The van der Waals surface area contributed by atoms with Gasteiger partial charge < -0.3 is 104 Å². The standard InChI is InChI=1S/C76H121NO22/c1-42-25-27-45(28-26-42)24-22-20-18-16-14-12-10-11-13-15-17-19-21-23-37-77-65(90)63-57(85)55(83)60(88)68(97-63)95-52-32-33-72(6)49(73(52,7)41-78)31-34-74(8)50(72)30-29-46-47-38-71(4,5)35-36-76(47,51(80)39-75(46,74)9)70(91)99-69-64(56(84)53(81)43(2)93-69)98-67-61(89)58(86)62(44(3)94-67)96-66-59(87)54(82)48(79)40-92-66/h25-29,41,43-44,47-64,66-69,79-89H,10-24,30-40H2,1-9H3,(H,77,90)/t43?,44?,47?,48-,49-,50?,51?,52+,53+,54+,55+,56+,57+,58-,59?,60?,61?,62+,63?,64?,66+,67+,68-,69+,72?,73-,74+,75-,76-/m1/s1. The molecule has 1 aromatic rings. The van der Waals surface area contributed by atoms with Crippen molar-refractivity contribution in [2.24, 2.45) is 50.2 Å². The van der Waals surface area contributed by atoms with Crippen LogP contribution in [0.5, 0.6) is 0 Å². The SMILES string of the molecule is Cc1ccc(CCCCCCCCCCCCCCCCNC(=O)C2O[C@@H](O[C@H]3CCC4(C)C5CC=C6C7CC(C)(C)CC[C@]7(C(=O)O[C@@H]7OC(C)[C@H](O)[C@H](O)C7O[C@@H]7OC(C)[C@H](O[C@@H]8OC[C@@H](O)[C@H](O)C8O)[C@H](O)C7O)C(O)C[C@@]6(C)[C@@]5(C)CC[C@H]4[C@@]3(C)C=O)C(O)[C@@H](O)[C@@H]2O)cc1. The van der Waals surface area contributed by atoms with Gasteiger partial charge in [-0.05, 0) is 143 Å². The number of allylic oxidation sites excluding steroid dienone is 2. The molecule has 9 aliphatic rings. The molecule has 10 rings (SSSR count). The third-order valence-corrected chi connectivity index (χ3v) is 26.2. The average Bonchev–Trinajstić information content (AvgIpc) is 0.672. The van der Waals surface area contributed by atoms with E-state index in [0.29, 0.717) is 51.5 Å². The number of esters is 1. The number of nitrogens with one attached hydrogen (secondary N) is 1. The molecule has 4 saturated carbocycles. The highest BCUT2D eigenvalue weighted by atomic mass is 16.8. The first-order valence-corrected chi connectivity index (χ1v) is 37.6. The van der Waals surface area contributed by atoms with Crippen molar-refractivity contribution in [2.75, 3.05) is 13.2 Å². The number of aryl methyl sites for hydroxylation is 2. The summed E-state index contributed by atoms with van der Waals surface area (Å²) in [6.45, 7) is 17.9.